The van der Waals surface area contributed by atoms with E-state index in [-0.39, 0.29) is 5.91 Å². The molecule has 0 unspecified atom stereocenters. The first kappa shape index (κ1) is 15.7. The van der Waals surface area contributed by atoms with Gasteiger partial charge < -0.3 is 15.0 Å². The van der Waals surface area contributed by atoms with Gasteiger partial charge in [0.1, 0.15) is 0 Å². The number of nitrogens with zero attached hydrogens (tertiary/aromatic N) is 1. The highest BCUT2D eigenvalue weighted by Crippen LogP contribution is 2.04. The van der Waals surface area contributed by atoms with E-state index in [4.69, 9.17) is 4.74 Å². The zero-order valence-electron chi connectivity index (χ0n) is 11.9. The monoisotopic (exact) mass is 264 g/mol. The van der Waals surface area contributed by atoms with E-state index in [1.807, 2.05) is 35.2 Å². The number of carbonyl (C=O) groups is 1. The van der Waals surface area contributed by atoms with Crippen LogP contribution in [0.3, 0.4) is 0 Å². The summed E-state index contributed by atoms with van der Waals surface area (Å²) >= 11 is 0. The average Bonchev–Trinajstić information content (AvgIpc) is 2.44. The van der Waals surface area contributed by atoms with E-state index in [1.54, 1.807) is 7.11 Å². The average molecular weight is 264 g/mol. The van der Waals surface area contributed by atoms with Crippen LogP contribution in [-0.2, 0) is 16.1 Å². The first-order valence-electron chi connectivity index (χ1n) is 6.79. The van der Waals surface area contributed by atoms with Gasteiger partial charge in [-0.2, -0.15) is 0 Å². The molecule has 0 aromatic heterocycles. The van der Waals surface area contributed by atoms with Gasteiger partial charge in [0.15, 0.2) is 0 Å². The van der Waals surface area contributed by atoms with Crippen molar-refractivity contribution in [2.24, 2.45) is 0 Å². The van der Waals surface area contributed by atoms with Gasteiger partial charge in [-0.3, -0.25) is 4.79 Å². The van der Waals surface area contributed by atoms with Crippen LogP contribution in [0.1, 0.15) is 18.9 Å². The predicted octanol–water partition coefficient (Wildman–Crippen LogP) is 1.66. The second kappa shape index (κ2) is 9.53. The van der Waals surface area contributed by atoms with Crippen LogP contribution in [0.4, 0.5) is 0 Å². The van der Waals surface area contributed by atoms with Gasteiger partial charge in [-0.25, -0.2) is 0 Å². The number of amides is 1. The number of hydrogen-bond acceptors (Lipinski definition) is 3. The zero-order valence-corrected chi connectivity index (χ0v) is 11.9. The van der Waals surface area contributed by atoms with Gasteiger partial charge in [-0.05, 0) is 18.5 Å². The summed E-state index contributed by atoms with van der Waals surface area (Å²) in [6, 6.07) is 10.0. The first-order valence-corrected chi connectivity index (χ1v) is 6.79. The van der Waals surface area contributed by atoms with Crippen LogP contribution in [-0.4, -0.2) is 44.2 Å². The van der Waals surface area contributed by atoms with Gasteiger partial charge in [0.2, 0.25) is 5.91 Å². The van der Waals surface area contributed by atoms with Crippen molar-refractivity contribution in [2.75, 3.05) is 33.4 Å². The lowest BCUT2D eigenvalue weighted by atomic mass is 10.2. The zero-order chi connectivity index (χ0) is 13.9. The number of rotatable bonds is 9. The Bertz CT molecular complexity index is 354. The van der Waals surface area contributed by atoms with Crippen LogP contribution in [0.5, 0.6) is 0 Å². The molecule has 1 aromatic carbocycles. The molecule has 0 aliphatic heterocycles. The highest BCUT2D eigenvalue weighted by Gasteiger charge is 2.12. The van der Waals surface area contributed by atoms with Crippen molar-refractivity contribution in [3.63, 3.8) is 0 Å². The maximum absolute atomic E-state index is 12.1. The standard InChI is InChI=1S/C15H24N2O2/c1-3-9-16-12-15(18)17(10-11-19-2)13-14-7-5-4-6-8-14/h4-8,16H,3,9-13H2,1-2H3. The molecule has 0 spiro atoms. The molecule has 0 heterocycles. The summed E-state index contributed by atoms with van der Waals surface area (Å²) in [4.78, 5) is 14.0. The summed E-state index contributed by atoms with van der Waals surface area (Å²) in [5.41, 5.74) is 1.14. The molecule has 0 radical (unpaired) electrons. The second-order valence-corrected chi connectivity index (χ2v) is 4.47. The van der Waals surface area contributed by atoms with Crippen molar-refractivity contribution in [3.8, 4) is 0 Å². The van der Waals surface area contributed by atoms with E-state index in [0.717, 1.165) is 18.5 Å². The summed E-state index contributed by atoms with van der Waals surface area (Å²) in [7, 11) is 1.65. The molecule has 0 fully saturated rings. The molecule has 0 saturated heterocycles. The first-order chi connectivity index (χ1) is 9.27. The molecule has 4 nitrogen and oxygen atoms in total. The van der Waals surface area contributed by atoms with Crippen LogP contribution < -0.4 is 5.32 Å². The molecule has 106 valence electrons. The number of methoxy groups -OCH3 is 1. The Labute approximate surface area is 115 Å². The topological polar surface area (TPSA) is 41.6 Å². The molecule has 0 bridgehead atoms. The molecular weight excluding hydrogens is 240 g/mol. The Morgan fingerprint density at radius 2 is 2.05 bits per heavy atom. The summed E-state index contributed by atoms with van der Waals surface area (Å²) in [5, 5.41) is 3.15. The molecule has 0 atom stereocenters. The Morgan fingerprint density at radius 1 is 1.32 bits per heavy atom. The summed E-state index contributed by atoms with van der Waals surface area (Å²) in [6.07, 6.45) is 1.03. The number of hydrogen-bond donors (Lipinski definition) is 1. The molecule has 19 heavy (non-hydrogen) atoms. The van der Waals surface area contributed by atoms with E-state index >= 15 is 0 Å². The predicted molar refractivity (Wildman–Crippen MR) is 76.9 cm³/mol. The van der Waals surface area contributed by atoms with Crippen molar-refractivity contribution in [1.82, 2.24) is 10.2 Å². The van der Waals surface area contributed by atoms with Gasteiger partial charge in [-0.15, -0.1) is 0 Å². The number of ether oxygens (including phenoxy) is 1. The van der Waals surface area contributed by atoms with Crippen molar-refractivity contribution in [2.45, 2.75) is 19.9 Å². The molecule has 0 saturated carbocycles. The molecule has 0 aliphatic rings. The molecule has 1 amide bonds. The summed E-state index contributed by atoms with van der Waals surface area (Å²) in [5.74, 6) is 0.120. The van der Waals surface area contributed by atoms with Crippen LogP contribution in [0.25, 0.3) is 0 Å². The third-order valence-electron chi connectivity index (χ3n) is 2.84. The fraction of sp³-hybridized carbons (Fsp3) is 0.533. The number of nitrogens with one attached hydrogen (secondary N) is 1. The normalized spacial score (nSPS) is 10.4. The smallest absolute Gasteiger partial charge is 0.236 e. The van der Waals surface area contributed by atoms with E-state index in [9.17, 15) is 4.79 Å². The quantitative estimate of drug-likeness (QED) is 0.690. The lowest BCUT2D eigenvalue weighted by Gasteiger charge is -2.22. The van der Waals surface area contributed by atoms with E-state index in [2.05, 4.69) is 12.2 Å². The molecule has 0 aliphatic carbocycles. The third kappa shape index (κ3) is 6.36. The second-order valence-electron chi connectivity index (χ2n) is 4.47. The maximum atomic E-state index is 12.1. The highest BCUT2D eigenvalue weighted by atomic mass is 16.5. The highest BCUT2D eigenvalue weighted by molar-refractivity contribution is 5.78. The molecule has 1 N–H and O–H groups in total. The maximum Gasteiger partial charge on any atom is 0.236 e. The lowest BCUT2D eigenvalue weighted by Crippen LogP contribution is -2.39. The minimum Gasteiger partial charge on any atom is -0.383 e. The molecule has 1 aromatic rings. The van der Waals surface area contributed by atoms with Crippen molar-refractivity contribution in [3.05, 3.63) is 35.9 Å². The van der Waals surface area contributed by atoms with Gasteiger partial charge in [0.25, 0.3) is 0 Å². The van der Waals surface area contributed by atoms with Crippen LogP contribution in [0, 0.1) is 0 Å². The van der Waals surface area contributed by atoms with Crippen molar-refractivity contribution >= 4 is 5.91 Å². The minimum atomic E-state index is 0.120. The van der Waals surface area contributed by atoms with E-state index in [1.165, 1.54) is 0 Å². The Hall–Kier alpha value is -1.39. The Morgan fingerprint density at radius 3 is 2.68 bits per heavy atom. The fourth-order valence-electron chi connectivity index (χ4n) is 1.78. The van der Waals surface area contributed by atoms with Crippen molar-refractivity contribution < 1.29 is 9.53 Å². The molecule has 4 heteroatoms. The van der Waals surface area contributed by atoms with Gasteiger partial charge >= 0.3 is 0 Å². The Balaban J connectivity index is 2.53. The largest absolute Gasteiger partial charge is 0.383 e. The van der Waals surface area contributed by atoms with Crippen LogP contribution in [0.2, 0.25) is 0 Å². The Kier molecular flexibility index (Phi) is 7.86. The van der Waals surface area contributed by atoms with Crippen LogP contribution in [0.15, 0.2) is 30.3 Å². The van der Waals surface area contributed by atoms with Crippen molar-refractivity contribution in [1.29, 1.82) is 0 Å². The molecular formula is C15H24N2O2. The lowest BCUT2D eigenvalue weighted by molar-refractivity contribution is -0.131. The molecule has 1 rings (SSSR count). The van der Waals surface area contributed by atoms with Crippen LogP contribution >= 0.6 is 0 Å². The third-order valence-corrected chi connectivity index (χ3v) is 2.84. The summed E-state index contributed by atoms with van der Waals surface area (Å²) in [6.45, 7) is 5.17. The van der Waals surface area contributed by atoms with Gasteiger partial charge in [0.05, 0.1) is 13.2 Å². The van der Waals surface area contributed by atoms with E-state index < -0.39 is 0 Å². The minimum absolute atomic E-state index is 0.120. The number of carbonyl (C=O) groups excluding carboxylic acids is 1. The van der Waals surface area contributed by atoms with Gasteiger partial charge in [-0.1, -0.05) is 37.3 Å². The fourth-order valence-corrected chi connectivity index (χ4v) is 1.78. The number of benzene rings is 1. The van der Waals surface area contributed by atoms with Gasteiger partial charge in [0, 0.05) is 20.2 Å². The SMILES string of the molecule is CCCNCC(=O)N(CCOC)Cc1ccccc1. The van der Waals surface area contributed by atoms with E-state index in [0.29, 0.717) is 26.2 Å². The summed E-state index contributed by atoms with van der Waals surface area (Å²) < 4.78 is 5.07.